The molecule has 0 spiro atoms. The van der Waals surface area contributed by atoms with Gasteiger partial charge in [0, 0.05) is 13.1 Å². The molecule has 0 heterocycles. The summed E-state index contributed by atoms with van der Waals surface area (Å²) in [5.74, 6) is 0.392. The van der Waals surface area contributed by atoms with Crippen LogP contribution in [0.3, 0.4) is 0 Å². The summed E-state index contributed by atoms with van der Waals surface area (Å²) in [6.45, 7) is 4.13. The first-order valence-corrected chi connectivity index (χ1v) is 7.20. The van der Waals surface area contributed by atoms with Gasteiger partial charge < -0.3 is 15.0 Å². The molecule has 1 saturated carbocycles. The van der Waals surface area contributed by atoms with Crippen LogP contribution >= 0.6 is 0 Å². The Labute approximate surface area is 111 Å². The Morgan fingerprint density at radius 2 is 2.00 bits per heavy atom. The molecule has 0 aromatic heterocycles. The number of nitrogens with zero attached hydrogens (tertiary/aromatic N) is 1. The van der Waals surface area contributed by atoms with Gasteiger partial charge in [-0.25, -0.2) is 0 Å². The highest BCUT2D eigenvalue weighted by Crippen LogP contribution is 2.27. The van der Waals surface area contributed by atoms with E-state index < -0.39 is 0 Å². The molecule has 1 aliphatic carbocycles. The number of rotatable bonds is 7. The molecule has 18 heavy (non-hydrogen) atoms. The van der Waals surface area contributed by atoms with Crippen LogP contribution in [0.4, 0.5) is 0 Å². The van der Waals surface area contributed by atoms with Crippen LogP contribution in [0.1, 0.15) is 39.0 Å². The predicted octanol–water partition coefficient (Wildman–Crippen LogP) is 1.65. The molecule has 1 rings (SSSR count). The third kappa shape index (κ3) is 5.36. The van der Waals surface area contributed by atoms with Gasteiger partial charge in [-0.3, -0.25) is 4.79 Å². The summed E-state index contributed by atoms with van der Waals surface area (Å²) in [5, 5.41) is 3.39. The largest absolute Gasteiger partial charge is 0.465 e. The molecule has 1 fully saturated rings. The number of carbonyl (C=O) groups excluding carboxylic acids is 1. The molecular formula is C14H28N2O2. The Morgan fingerprint density at radius 3 is 2.56 bits per heavy atom. The quantitative estimate of drug-likeness (QED) is 0.703. The Kier molecular flexibility index (Phi) is 7.28. The van der Waals surface area contributed by atoms with Gasteiger partial charge in [0.05, 0.1) is 6.61 Å². The molecule has 1 atom stereocenters. The van der Waals surface area contributed by atoms with Crippen molar-refractivity contribution in [3.8, 4) is 0 Å². The fraction of sp³-hybridized carbons (Fsp3) is 0.929. The zero-order chi connectivity index (χ0) is 13.4. The predicted molar refractivity (Wildman–Crippen MR) is 73.6 cm³/mol. The van der Waals surface area contributed by atoms with E-state index >= 15 is 0 Å². The van der Waals surface area contributed by atoms with Crippen molar-refractivity contribution >= 4 is 5.97 Å². The molecular weight excluding hydrogens is 228 g/mol. The van der Waals surface area contributed by atoms with Gasteiger partial charge in [-0.2, -0.15) is 0 Å². The molecule has 1 N–H and O–H groups in total. The van der Waals surface area contributed by atoms with E-state index in [0.717, 1.165) is 25.9 Å². The Hall–Kier alpha value is -0.610. The second-order valence-electron chi connectivity index (χ2n) is 5.39. The molecule has 0 bridgehead atoms. The van der Waals surface area contributed by atoms with Crippen molar-refractivity contribution in [2.24, 2.45) is 5.92 Å². The molecule has 0 saturated heterocycles. The van der Waals surface area contributed by atoms with Crippen molar-refractivity contribution in [1.29, 1.82) is 0 Å². The number of carbonyl (C=O) groups is 1. The summed E-state index contributed by atoms with van der Waals surface area (Å²) in [5.41, 5.74) is 0. The van der Waals surface area contributed by atoms with Crippen LogP contribution in [0, 0.1) is 5.92 Å². The smallest absolute Gasteiger partial charge is 0.323 e. The molecule has 106 valence electrons. The lowest BCUT2D eigenvalue weighted by Gasteiger charge is -2.29. The van der Waals surface area contributed by atoms with Gasteiger partial charge in [0.15, 0.2) is 0 Å². The fourth-order valence-electron chi connectivity index (χ4n) is 2.59. The van der Waals surface area contributed by atoms with E-state index in [-0.39, 0.29) is 12.0 Å². The highest BCUT2D eigenvalue weighted by molar-refractivity contribution is 5.76. The topological polar surface area (TPSA) is 41.6 Å². The van der Waals surface area contributed by atoms with E-state index in [1.54, 1.807) is 0 Å². The zero-order valence-electron chi connectivity index (χ0n) is 12.1. The molecule has 0 aromatic carbocycles. The number of esters is 1. The highest BCUT2D eigenvalue weighted by Gasteiger charge is 2.29. The second kappa shape index (κ2) is 8.48. The van der Waals surface area contributed by atoms with E-state index in [2.05, 4.69) is 10.2 Å². The van der Waals surface area contributed by atoms with Crippen LogP contribution in [0.25, 0.3) is 0 Å². The summed E-state index contributed by atoms with van der Waals surface area (Å²) in [6, 6.07) is -0.106. The number of hydrogen-bond acceptors (Lipinski definition) is 4. The van der Waals surface area contributed by atoms with Crippen molar-refractivity contribution in [3.63, 3.8) is 0 Å². The van der Waals surface area contributed by atoms with E-state index in [4.69, 9.17) is 4.74 Å². The first kappa shape index (κ1) is 15.4. The summed E-state index contributed by atoms with van der Waals surface area (Å²) in [7, 11) is 4.09. The van der Waals surface area contributed by atoms with Gasteiger partial charge in [0.1, 0.15) is 6.04 Å². The average molecular weight is 256 g/mol. The number of likely N-dealkylation sites (N-methyl/N-ethyl adjacent to an activating group) is 1. The van der Waals surface area contributed by atoms with Crippen molar-refractivity contribution in [2.75, 3.05) is 33.8 Å². The fourth-order valence-corrected chi connectivity index (χ4v) is 2.59. The van der Waals surface area contributed by atoms with Gasteiger partial charge in [0.25, 0.3) is 0 Å². The minimum Gasteiger partial charge on any atom is -0.465 e. The number of hydrogen-bond donors (Lipinski definition) is 1. The van der Waals surface area contributed by atoms with Gasteiger partial charge in [-0.15, -0.1) is 0 Å². The molecule has 0 aromatic rings. The molecule has 1 unspecified atom stereocenters. The monoisotopic (exact) mass is 256 g/mol. The number of ether oxygens (including phenoxy) is 1. The molecule has 4 nitrogen and oxygen atoms in total. The van der Waals surface area contributed by atoms with Gasteiger partial charge >= 0.3 is 5.97 Å². The van der Waals surface area contributed by atoms with E-state index in [1.807, 2.05) is 21.0 Å². The Bertz CT molecular complexity index is 238. The van der Waals surface area contributed by atoms with Crippen molar-refractivity contribution in [1.82, 2.24) is 10.2 Å². The minimum absolute atomic E-state index is 0.0665. The normalized spacial score (nSPS) is 18.9. The lowest BCUT2D eigenvalue weighted by atomic mass is 9.84. The first-order valence-electron chi connectivity index (χ1n) is 7.20. The van der Waals surface area contributed by atoms with Crippen LogP contribution in [-0.4, -0.2) is 50.7 Å². The minimum atomic E-state index is -0.106. The van der Waals surface area contributed by atoms with E-state index in [1.165, 1.54) is 19.3 Å². The lowest BCUT2D eigenvalue weighted by Crippen LogP contribution is -2.46. The highest BCUT2D eigenvalue weighted by atomic mass is 16.5. The third-order valence-corrected chi connectivity index (χ3v) is 3.59. The molecule has 4 heteroatoms. The lowest BCUT2D eigenvalue weighted by molar-refractivity contribution is -0.147. The SMILES string of the molecule is CCOC(=O)C(NCCN(C)C)C1CCCCC1. The van der Waals surface area contributed by atoms with Crippen molar-refractivity contribution in [2.45, 2.75) is 45.1 Å². The molecule has 0 amide bonds. The Morgan fingerprint density at radius 1 is 1.33 bits per heavy atom. The maximum Gasteiger partial charge on any atom is 0.323 e. The van der Waals surface area contributed by atoms with Crippen molar-refractivity contribution < 1.29 is 9.53 Å². The second-order valence-corrected chi connectivity index (χ2v) is 5.39. The van der Waals surface area contributed by atoms with Crippen molar-refractivity contribution in [3.05, 3.63) is 0 Å². The van der Waals surface area contributed by atoms with Crippen LogP contribution in [0.5, 0.6) is 0 Å². The van der Waals surface area contributed by atoms with Crippen LogP contribution < -0.4 is 5.32 Å². The standard InChI is InChI=1S/C14H28N2O2/c1-4-18-14(17)13(15-10-11-16(2)3)12-8-6-5-7-9-12/h12-13,15H,4-11H2,1-3H3. The summed E-state index contributed by atoms with van der Waals surface area (Å²) in [6.07, 6.45) is 6.10. The van der Waals surface area contributed by atoms with Crippen LogP contribution in [0.2, 0.25) is 0 Å². The van der Waals surface area contributed by atoms with E-state index in [0.29, 0.717) is 12.5 Å². The summed E-state index contributed by atoms with van der Waals surface area (Å²) in [4.78, 5) is 14.1. The average Bonchev–Trinajstić information content (AvgIpc) is 2.35. The maximum absolute atomic E-state index is 12.0. The first-order chi connectivity index (χ1) is 8.65. The third-order valence-electron chi connectivity index (χ3n) is 3.59. The summed E-state index contributed by atoms with van der Waals surface area (Å²) >= 11 is 0. The number of nitrogens with one attached hydrogen (secondary N) is 1. The van der Waals surface area contributed by atoms with E-state index in [9.17, 15) is 4.79 Å². The molecule has 0 aliphatic heterocycles. The summed E-state index contributed by atoms with van der Waals surface area (Å²) < 4.78 is 5.20. The van der Waals surface area contributed by atoms with Gasteiger partial charge in [-0.1, -0.05) is 19.3 Å². The molecule has 1 aliphatic rings. The van der Waals surface area contributed by atoms with Gasteiger partial charge in [0.2, 0.25) is 0 Å². The zero-order valence-corrected chi connectivity index (χ0v) is 12.1. The molecule has 0 radical (unpaired) electrons. The Balaban J connectivity index is 2.47. The van der Waals surface area contributed by atoms with Crippen LogP contribution in [-0.2, 0) is 9.53 Å². The maximum atomic E-state index is 12.0. The van der Waals surface area contributed by atoms with Gasteiger partial charge in [-0.05, 0) is 39.8 Å². The van der Waals surface area contributed by atoms with Crippen LogP contribution in [0.15, 0.2) is 0 Å².